The van der Waals surface area contributed by atoms with Gasteiger partial charge in [-0.15, -0.1) is 5.10 Å². The molecule has 145 valence electrons. The van der Waals surface area contributed by atoms with Crippen molar-refractivity contribution in [2.75, 3.05) is 5.32 Å². The summed E-state index contributed by atoms with van der Waals surface area (Å²) < 4.78 is 1.84. The Morgan fingerprint density at radius 3 is 2.77 bits per heavy atom. The van der Waals surface area contributed by atoms with Crippen molar-refractivity contribution < 1.29 is 4.79 Å². The number of aromatic nitrogens is 5. The molecule has 0 spiro atoms. The molecule has 3 aromatic carbocycles. The Kier molecular flexibility index (Phi) is 4.29. The highest BCUT2D eigenvalue weighted by Crippen LogP contribution is 2.26. The number of fused-ring (bicyclic) bond motifs is 2. The third-order valence-corrected chi connectivity index (χ3v) is 4.71. The van der Waals surface area contributed by atoms with Gasteiger partial charge in [0.2, 0.25) is 5.82 Å². The molecule has 1 radical (unpaired) electrons. The first kappa shape index (κ1) is 17.7. The Bertz CT molecular complexity index is 1380. The Morgan fingerprint density at radius 2 is 1.93 bits per heavy atom. The first-order chi connectivity index (χ1) is 14.7. The summed E-state index contributed by atoms with van der Waals surface area (Å²) in [6.07, 6.45) is 0. The summed E-state index contributed by atoms with van der Waals surface area (Å²) in [5, 5.41) is 12.5. The van der Waals surface area contributed by atoms with Gasteiger partial charge in [0.25, 0.3) is 5.91 Å². The Morgan fingerprint density at radius 1 is 1.07 bits per heavy atom. The minimum atomic E-state index is -0.687. The highest BCUT2D eigenvalue weighted by atomic mass is 16.1. The van der Waals surface area contributed by atoms with Gasteiger partial charge in [-0.25, -0.2) is 14.6 Å². The second-order valence-corrected chi connectivity index (χ2v) is 6.76. The molecule has 0 aliphatic carbocycles. The molecule has 0 aliphatic rings. The van der Waals surface area contributed by atoms with Crippen LogP contribution in [0.2, 0.25) is 0 Å². The number of hydrogen-bond donors (Lipinski definition) is 2. The molecule has 0 saturated heterocycles. The van der Waals surface area contributed by atoms with Crippen molar-refractivity contribution in [1.29, 1.82) is 0 Å². The molecular formula is C22H16N7O. The lowest BCUT2D eigenvalue weighted by Crippen LogP contribution is -2.16. The molecule has 0 bridgehead atoms. The number of nitrogens with zero attached hydrogens (tertiary/aromatic N) is 5. The molecule has 2 heterocycles. The topological polar surface area (TPSA) is 112 Å². The van der Waals surface area contributed by atoms with E-state index in [1.54, 1.807) is 18.2 Å². The number of primary amides is 1. The predicted octanol–water partition coefficient (Wildman–Crippen LogP) is 3.07. The monoisotopic (exact) mass is 394 g/mol. The van der Waals surface area contributed by atoms with Crippen LogP contribution in [0.5, 0.6) is 0 Å². The van der Waals surface area contributed by atoms with Crippen LogP contribution < -0.4 is 11.1 Å². The van der Waals surface area contributed by atoms with Crippen LogP contribution in [0.15, 0.2) is 66.7 Å². The lowest BCUT2D eigenvalue weighted by atomic mass is 10.2. The SMILES string of the molecule is NC(=O)c1nc(Nc2ccc3nnn(Cc4ccccc4)c3c2)c2c[c]ccc2n1. The fourth-order valence-corrected chi connectivity index (χ4v) is 3.27. The van der Waals surface area contributed by atoms with E-state index in [1.807, 2.05) is 53.2 Å². The number of nitrogens with two attached hydrogens (primary N) is 1. The number of benzene rings is 3. The van der Waals surface area contributed by atoms with Crippen molar-refractivity contribution >= 4 is 39.3 Å². The third-order valence-electron chi connectivity index (χ3n) is 4.71. The second kappa shape index (κ2) is 7.25. The summed E-state index contributed by atoms with van der Waals surface area (Å²) in [4.78, 5) is 20.2. The maximum atomic E-state index is 11.6. The summed E-state index contributed by atoms with van der Waals surface area (Å²) in [6, 6.07) is 24.0. The lowest BCUT2D eigenvalue weighted by molar-refractivity contribution is 0.0991. The number of hydrogen-bond acceptors (Lipinski definition) is 6. The third kappa shape index (κ3) is 3.30. The normalized spacial score (nSPS) is 11.1. The molecule has 30 heavy (non-hydrogen) atoms. The molecule has 5 rings (SSSR count). The van der Waals surface area contributed by atoms with Crippen LogP contribution in [0.1, 0.15) is 16.2 Å². The van der Waals surface area contributed by atoms with Crippen LogP contribution in [0.3, 0.4) is 0 Å². The van der Waals surface area contributed by atoms with Crippen molar-refractivity contribution in [3.63, 3.8) is 0 Å². The molecule has 0 fully saturated rings. The van der Waals surface area contributed by atoms with Gasteiger partial charge in [-0.05, 0) is 42.0 Å². The zero-order valence-electron chi connectivity index (χ0n) is 15.8. The lowest BCUT2D eigenvalue weighted by Gasteiger charge is -2.10. The molecule has 1 amide bonds. The van der Waals surface area contributed by atoms with E-state index < -0.39 is 5.91 Å². The van der Waals surface area contributed by atoms with E-state index in [1.165, 1.54) is 0 Å². The van der Waals surface area contributed by atoms with Gasteiger partial charge in [0, 0.05) is 11.1 Å². The predicted molar refractivity (Wildman–Crippen MR) is 113 cm³/mol. The first-order valence-corrected chi connectivity index (χ1v) is 9.29. The Balaban J connectivity index is 1.54. The highest BCUT2D eigenvalue weighted by Gasteiger charge is 2.13. The van der Waals surface area contributed by atoms with E-state index in [-0.39, 0.29) is 5.82 Å². The fourth-order valence-electron chi connectivity index (χ4n) is 3.27. The van der Waals surface area contributed by atoms with Gasteiger partial charge in [-0.3, -0.25) is 4.79 Å². The summed E-state index contributed by atoms with van der Waals surface area (Å²) >= 11 is 0. The molecule has 0 saturated carbocycles. The van der Waals surface area contributed by atoms with Gasteiger partial charge in [0.1, 0.15) is 11.3 Å². The van der Waals surface area contributed by atoms with E-state index in [0.29, 0.717) is 17.9 Å². The van der Waals surface area contributed by atoms with Crippen LogP contribution in [-0.2, 0) is 6.54 Å². The van der Waals surface area contributed by atoms with Crippen LogP contribution in [0.25, 0.3) is 21.9 Å². The van der Waals surface area contributed by atoms with E-state index in [0.717, 1.165) is 27.7 Å². The van der Waals surface area contributed by atoms with E-state index in [2.05, 4.69) is 31.7 Å². The number of nitrogens with one attached hydrogen (secondary N) is 1. The molecule has 0 unspecified atom stereocenters. The van der Waals surface area contributed by atoms with E-state index in [4.69, 9.17) is 5.73 Å². The molecular weight excluding hydrogens is 378 g/mol. The van der Waals surface area contributed by atoms with Crippen molar-refractivity contribution in [1.82, 2.24) is 25.0 Å². The second-order valence-electron chi connectivity index (χ2n) is 6.76. The zero-order valence-corrected chi connectivity index (χ0v) is 15.8. The molecule has 0 aliphatic heterocycles. The summed E-state index contributed by atoms with van der Waals surface area (Å²) in [5.74, 6) is -0.256. The van der Waals surface area contributed by atoms with Gasteiger partial charge in [-0.1, -0.05) is 41.6 Å². The Labute approximate surface area is 171 Å². The fraction of sp³-hybridized carbons (Fsp3) is 0.0455. The minimum absolute atomic E-state index is 0.0481. The van der Waals surface area contributed by atoms with Gasteiger partial charge < -0.3 is 11.1 Å². The van der Waals surface area contributed by atoms with E-state index in [9.17, 15) is 4.79 Å². The molecule has 5 aromatic rings. The average Bonchev–Trinajstić information content (AvgIpc) is 3.16. The van der Waals surface area contributed by atoms with Crippen molar-refractivity contribution in [3.8, 4) is 0 Å². The molecule has 3 N–H and O–H groups in total. The molecule has 2 aromatic heterocycles. The maximum absolute atomic E-state index is 11.6. The largest absolute Gasteiger partial charge is 0.363 e. The summed E-state index contributed by atoms with van der Waals surface area (Å²) in [7, 11) is 0. The van der Waals surface area contributed by atoms with Crippen LogP contribution in [-0.4, -0.2) is 30.9 Å². The van der Waals surface area contributed by atoms with Crippen molar-refractivity contribution in [3.05, 3.63) is 84.2 Å². The van der Waals surface area contributed by atoms with Gasteiger partial charge in [-0.2, -0.15) is 0 Å². The van der Waals surface area contributed by atoms with Crippen LogP contribution >= 0.6 is 0 Å². The quantitative estimate of drug-likeness (QED) is 0.474. The highest BCUT2D eigenvalue weighted by molar-refractivity contribution is 5.96. The number of anilines is 2. The average molecular weight is 394 g/mol. The van der Waals surface area contributed by atoms with Gasteiger partial charge in [0.15, 0.2) is 0 Å². The van der Waals surface area contributed by atoms with E-state index >= 15 is 0 Å². The molecule has 8 heteroatoms. The summed E-state index contributed by atoms with van der Waals surface area (Å²) in [6.45, 7) is 0.609. The number of rotatable bonds is 5. The van der Waals surface area contributed by atoms with Crippen molar-refractivity contribution in [2.45, 2.75) is 6.54 Å². The van der Waals surface area contributed by atoms with Gasteiger partial charge in [0.05, 0.1) is 17.6 Å². The smallest absolute Gasteiger partial charge is 0.286 e. The van der Waals surface area contributed by atoms with Gasteiger partial charge >= 0.3 is 0 Å². The zero-order chi connectivity index (χ0) is 20.5. The van der Waals surface area contributed by atoms with Crippen LogP contribution in [0.4, 0.5) is 11.5 Å². The number of amides is 1. The summed E-state index contributed by atoms with van der Waals surface area (Å²) in [5.41, 5.74) is 9.58. The maximum Gasteiger partial charge on any atom is 0.286 e. The molecule has 0 atom stereocenters. The number of carbonyl (C=O) groups excluding carboxylic acids is 1. The first-order valence-electron chi connectivity index (χ1n) is 9.29. The Hall–Kier alpha value is -4.33. The standard InChI is InChI=1S/C22H16N7O/c23-20(30)22-25-17-9-5-4-8-16(17)21(26-22)24-15-10-11-18-19(12-15)29(28-27-18)13-14-6-2-1-3-7-14/h1-3,5-12H,13H2,(H2,23,30)(H,24,25,26). The van der Waals surface area contributed by atoms with Crippen LogP contribution in [0, 0.1) is 6.07 Å². The molecule has 8 nitrogen and oxygen atoms in total. The van der Waals surface area contributed by atoms with Crippen molar-refractivity contribution in [2.24, 2.45) is 5.73 Å². The minimum Gasteiger partial charge on any atom is -0.363 e. The number of carbonyl (C=O) groups is 1.